The number of aryl methyl sites for hydroxylation is 2. The van der Waals surface area contributed by atoms with Crippen molar-refractivity contribution >= 4 is 17.1 Å². The molecule has 0 amide bonds. The molecule has 0 fully saturated rings. The van der Waals surface area contributed by atoms with Crippen molar-refractivity contribution in [1.29, 1.82) is 0 Å². The van der Waals surface area contributed by atoms with Crippen LogP contribution in [0.3, 0.4) is 0 Å². The average molecular weight is 285 g/mol. The van der Waals surface area contributed by atoms with Crippen LogP contribution in [0.25, 0.3) is 0 Å². The molecule has 0 unspecified atom stereocenters. The summed E-state index contributed by atoms with van der Waals surface area (Å²) in [6, 6.07) is 6.42. The maximum Gasteiger partial charge on any atom is 0.434 e. The van der Waals surface area contributed by atoms with E-state index in [-0.39, 0.29) is 15.4 Å². The standard InChI is InChI=1S/C13H10F3NOS/c1-7-3-5-9(6-4-7)10(18)11-12(13(14,15)16)17-8(2)19-11/h3-6H,1-2H3. The Bertz CT molecular complexity index is 614. The number of benzene rings is 1. The number of rotatable bonds is 2. The number of aromatic nitrogens is 1. The Labute approximate surface area is 111 Å². The van der Waals surface area contributed by atoms with Crippen molar-refractivity contribution in [2.45, 2.75) is 20.0 Å². The fourth-order valence-corrected chi connectivity index (χ4v) is 2.51. The summed E-state index contributed by atoms with van der Waals surface area (Å²) in [6.45, 7) is 3.29. The van der Waals surface area contributed by atoms with Gasteiger partial charge in [0.15, 0.2) is 5.69 Å². The Morgan fingerprint density at radius 1 is 1.16 bits per heavy atom. The molecular formula is C13H10F3NOS. The topological polar surface area (TPSA) is 30.0 Å². The highest BCUT2D eigenvalue weighted by atomic mass is 32.1. The fraction of sp³-hybridized carbons (Fsp3) is 0.231. The van der Waals surface area contributed by atoms with Crippen LogP contribution in [0.4, 0.5) is 13.2 Å². The third kappa shape index (κ3) is 2.84. The number of carbonyl (C=O) groups is 1. The largest absolute Gasteiger partial charge is 0.434 e. The molecule has 0 saturated carbocycles. The summed E-state index contributed by atoms with van der Waals surface area (Å²) in [5.41, 5.74) is 0.0772. The molecule has 1 aromatic heterocycles. The van der Waals surface area contributed by atoms with Crippen molar-refractivity contribution in [3.8, 4) is 0 Å². The van der Waals surface area contributed by atoms with Crippen LogP contribution in [0.5, 0.6) is 0 Å². The van der Waals surface area contributed by atoms with Gasteiger partial charge in [0, 0.05) is 5.56 Å². The highest BCUT2D eigenvalue weighted by Gasteiger charge is 2.39. The molecule has 0 bridgehead atoms. The van der Waals surface area contributed by atoms with Crippen LogP contribution in [-0.2, 0) is 6.18 Å². The molecule has 0 radical (unpaired) electrons. The highest BCUT2D eigenvalue weighted by molar-refractivity contribution is 7.14. The Balaban J connectivity index is 2.47. The van der Waals surface area contributed by atoms with Crippen LogP contribution in [0.2, 0.25) is 0 Å². The van der Waals surface area contributed by atoms with Crippen molar-refractivity contribution in [1.82, 2.24) is 4.98 Å². The molecule has 0 atom stereocenters. The Morgan fingerprint density at radius 2 is 1.74 bits per heavy atom. The SMILES string of the molecule is Cc1ccc(C(=O)c2sc(C)nc2C(F)(F)F)cc1. The van der Waals surface area contributed by atoms with Crippen LogP contribution in [0, 0.1) is 13.8 Å². The van der Waals surface area contributed by atoms with Crippen LogP contribution in [0.1, 0.15) is 31.5 Å². The molecule has 1 aromatic carbocycles. The minimum atomic E-state index is -4.61. The second kappa shape index (κ2) is 4.77. The van der Waals surface area contributed by atoms with E-state index in [0.29, 0.717) is 0 Å². The molecule has 2 rings (SSSR count). The molecule has 1 heterocycles. The number of thiazole rings is 1. The van der Waals surface area contributed by atoms with E-state index < -0.39 is 17.7 Å². The van der Waals surface area contributed by atoms with E-state index in [1.165, 1.54) is 19.1 Å². The number of hydrogen-bond donors (Lipinski definition) is 0. The number of hydrogen-bond acceptors (Lipinski definition) is 3. The first kappa shape index (κ1) is 13.7. The predicted octanol–water partition coefficient (Wildman–Crippen LogP) is 4.01. The van der Waals surface area contributed by atoms with Crippen LogP contribution in [0.15, 0.2) is 24.3 Å². The van der Waals surface area contributed by atoms with E-state index in [1.807, 2.05) is 6.92 Å². The van der Waals surface area contributed by atoms with E-state index in [1.54, 1.807) is 12.1 Å². The molecule has 0 saturated heterocycles. The van der Waals surface area contributed by atoms with Gasteiger partial charge in [-0.15, -0.1) is 11.3 Å². The van der Waals surface area contributed by atoms with Gasteiger partial charge in [0.05, 0.1) is 5.01 Å². The summed E-state index contributed by atoms with van der Waals surface area (Å²) < 4.78 is 38.4. The van der Waals surface area contributed by atoms with Gasteiger partial charge in [-0.3, -0.25) is 4.79 Å². The second-order valence-electron chi connectivity index (χ2n) is 4.10. The molecule has 19 heavy (non-hydrogen) atoms. The molecule has 2 aromatic rings. The van der Waals surface area contributed by atoms with E-state index in [0.717, 1.165) is 16.9 Å². The van der Waals surface area contributed by atoms with Gasteiger partial charge in [-0.25, -0.2) is 4.98 Å². The van der Waals surface area contributed by atoms with Crippen molar-refractivity contribution in [2.24, 2.45) is 0 Å². The van der Waals surface area contributed by atoms with Gasteiger partial charge < -0.3 is 0 Å². The summed E-state index contributed by atoms with van der Waals surface area (Å²) in [5.74, 6) is -0.641. The van der Waals surface area contributed by atoms with Crippen LogP contribution in [-0.4, -0.2) is 10.8 Å². The Morgan fingerprint density at radius 3 is 2.26 bits per heavy atom. The van der Waals surface area contributed by atoms with Gasteiger partial charge >= 0.3 is 6.18 Å². The lowest BCUT2D eigenvalue weighted by Gasteiger charge is -2.05. The lowest BCUT2D eigenvalue weighted by molar-refractivity contribution is -0.141. The minimum absolute atomic E-state index is 0.225. The van der Waals surface area contributed by atoms with Gasteiger partial charge in [-0.1, -0.05) is 29.8 Å². The third-order valence-electron chi connectivity index (χ3n) is 2.52. The molecule has 2 nitrogen and oxygen atoms in total. The molecule has 6 heteroatoms. The molecule has 0 N–H and O–H groups in total. The smallest absolute Gasteiger partial charge is 0.288 e. The van der Waals surface area contributed by atoms with Crippen molar-refractivity contribution in [3.05, 3.63) is 51.0 Å². The highest BCUT2D eigenvalue weighted by Crippen LogP contribution is 2.35. The number of carbonyl (C=O) groups excluding carboxylic acids is 1. The average Bonchev–Trinajstić information content (AvgIpc) is 2.71. The number of nitrogens with zero attached hydrogens (tertiary/aromatic N) is 1. The van der Waals surface area contributed by atoms with Gasteiger partial charge in [-0.2, -0.15) is 13.2 Å². The summed E-state index contributed by atoms with van der Waals surface area (Å²) in [4.78, 5) is 15.2. The zero-order valence-electron chi connectivity index (χ0n) is 10.2. The van der Waals surface area contributed by atoms with E-state index in [4.69, 9.17) is 0 Å². The fourth-order valence-electron chi connectivity index (χ4n) is 1.61. The first-order valence-electron chi connectivity index (χ1n) is 5.45. The molecule has 0 aliphatic rings. The number of ketones is 1. The zero-order chi connectivity index (χ0) is 14.2. The van der Waals surface area contributed by atoms with Gasteiger partial charge in [-0.05, 0) is 13.8 Å². The van der Waals surface area contributed by atoms with Crippen molar-refractivity contribution in [3.63, 3.8) is 0 Å². The van der Waals surface area contributed by atoms with Crippen LogP contribution < -0.4 is 0 Å². The quantitative estimate of drug-likeness (QED) is 0.780. The maximum absolute atomic E-state index is 12.8. The molecule has 100 valence electrons. The lowest BCUT2D eigenvalue weighted by Crippen LogP contribution is -2.12. The molecule has 0 spiro atoms. The maximum atomic E-state index is 12.8. The number of alkyl halides is 3. The summed E-state index contributed by atoms with van der Waals surface area (Å²) >= 11 is 0.768. The minimum Gasteiger partial charge on any atom is -0.288 e. The van der Waals surface area contributed by atoms with Gasteiger partial charge in [0.1, 0.15) is 4.88 Å². The first-order valence-corrected chi connectivity index (χ1v) is 6.26. The monoisotopic (exact) mass is 285 g/mol. The summed E-state index contributed by atoms with van der Waals surface area (Å²) in [6.07, 6.45) is -4.61. The lowest BCUT2D eigenvalue weighted by atomic mass is 10.1. The molecule has 0 aliphatic heterocycles. The molecule has 0 aliphatic carbocycles. The number of halogens is 3. The first-order chi connectivity index (χ1) is 8.79. The third-order valence-corrected chi connectivity index (χ3v) is 3.49. The zero-order valence-corrected chi connectivity index (χ0v) is 11.0. The van der Waals surface area contributed by atoms with Gasteiger partial charge in [0.2, 0.25) is 5.78 Å². The molecular weight excluding hydrogens is 275 g/mol. The van der Waals surface area contributed by atoms with E-state index >= 15 is 0 Å². The Kier molecular flexibility index (Phi) is 3.45. The predicted molar refractivity (Wildman–Crippen MR) is 66.5 cm³/mol. The van der Waals surface area contributed by atoms with Gasteiger partial charge in [0.25, 0.3) is 0 Å². The van der Waals surface area contributed by atoms with Crippen LogP contribution >= 0.6 is 11.3 Å². The second-order valence-corrected chi connectivity index (χ2v) is 5.31. The summed E-state index contributed by atoms with van der Waals surface area (Å²) in [7, 11) is 0. The van der Waals surface area contributed by atoms with Crippen molar-refractivity contribution < 1.29 is 18.0 Å². The Hall–Kier alpha value is -1.69. The van der Waals surface area contributed by atoms with E-state index in [9.17, 15) is 18.0 Å². The normalized spacial score (nSPS) is 11.6. The van der Waals surface area contributed by atoms with E-state index in [2.05, 4.69) is 4.98 Å². The summed E-state index contributed by atoms with van der Waals surface area (Å²) in [5, 5.41) is 0.225. The van der Waals surface area contributed by atoms with Crippen molar-refractivity contribution in [2.75, 3.05) is 0 Å².